The van der Waals surface area contributed by atoms with Gasteiger partial charge in [0.1, 0.15) is 4.90 Å². The summed E-state index contributed by atoms with van der Waals surface area (Å²) in [6.45, 7) is 5.73. The molecular formula is C19H22ClN3O4S. The van der Waals surface area contributed by atoms with Crippen LogP contribution in [0.2, 0.25) is 5.02 Å². The van der Waals surface area contributed by atoms with Crippen LogP contribution in [0.1, 0.15) is 40.1 Å². The lowest BCUT2D eigenvalue weighted by Gasteiger charge is -2.19. The van der Waals surface area contributed by atoms with Crippen molar-refractivity contribution in [3.8, 4) is 0 Å². The van der Waals surface area contributed by atoms with Crippen LogP contribution < -0.4 is 11.1 Å². The zero-order chi connectivity index (χ0) is 21.1. The van der Waals surface area contributed by atoms with Gasteiger partial charge in [0.15, 0.2) is 0 Å². The second-order valence-electron chi connectivity index (χ2n) is 6.08. The lowest BCUT2D eigenvalue weighted by atomic mass is 10.1. The number of carbonyl (C=O) groups is 2. The van der Waals surface area contributed by atoms with Crippen LogP contribution in [0, 0.1) is 6.92 Å². The third-order valence-corrected chi connectivity index (χ3v) is 6.80. The number of hydrogen-bond donors (Lipinski definition) is 2. The molecule has 0 saturated heterocycles. The second-order valence-corrected chi connectivity index (χ2v) is 8.40. The number of nitrogens with zero attached hydrogens (tertiary/aromatic N) is 1. The third-order valence-electron chi connectivity index (χ3n) is 4.27. The minimum atomic E-state index is -3.81. The fourth-order valence-electron chi connectivity index (χ4n) is 2.77. The fraction of sp³-hybridized carbons (Fsp3) is 0.263. The van der Waals surface area contributed by atoms with E-state index in [0.29, 0.717) is 16.8 Å². The molecule has 2 amide bonds. The standard InChI is InChI=1S/C19H22ClN3O4S/c1-4-23(5-2)28(26,27)17-11-13(6-9-16(17)20)19(25)22-14-7-8-15(18(21)24)12(3)10-14/h6-11H,4-5H2,1-3H3,(H2,21,24)(H,22,25). The highest BCUT2D eigenvalue weighted by Gasteiger charge is 2.25. The lowest BCUT2D eigenvalue weighted by Crippen LogP contribution is -2.31. The van der Waals surface area contributed by atoms with E-state index in [0.717, 1.165) is 0 Å². The third kappa shape index (κ3) is 4.52. The van der Waals surface area contributed by atoms with E-state index in [9.17, 15) is 18.0 Å². The Morgan fingerprint density at radius 2 is 1.75 bits per heavy atom. The van der Waals surface area contributed by atoms with E-state index in [1.165, 1.54) is 28.6 Å². The molecule has 0 unspecified atom stereocenters. The minimum absolute atomic E-state index is 0.0464. The molecule has 0 aliphatic carbocycles. The van der Waals surface area contributed by atoms with E-state index < -0.39 is 21.8 Å². The number of rotatable bonds is 7. The quantitative estimate of drug-likeness (QED) is 0.713. The first kappa shape index (κ1) is 21.9. The highest BCUT2D eigenvalue weighted by Crippen LogP contribution is 2.26. The molecule has 0 heterocycles. The molecule has 0 aliphatic heterocycles. The Morgan fingerprint density at radius 3 is 2.29 bits per heavy atom. The number of anilines is 1. The molecule has 28 heavy (non-hydrogen) atoms. The summed E-state index contributed by atoms with van der Waals surface area (Å²) in [4.78, 5) is 23.8. The molecule has 9 heteroatoms. The van der Waals surface area contributed by atoms with Gasteiger partial charge in [0.05, 0.1) is 5.02 Å². The van der Waals surface area contributed by atoms with Crippen molar-refractivity contribution in [2.75, 3.05) is 18.4 Å². The Bertz CT molecular complexity index is 1020. The van der Waals surface area contributed by atoms with E-state index >= 15 is 0 Å². The van der Waals surface area contributed by atoms with Gasteiger partial charge in [-0.1, -0.05) is 25.4 Å². The average molecular weight is 424 g/mol. The summed E-state index contributed by atoms with van der Waals surface area (Å²) < 4.78 is 26.8. The Kier molecular flexibility index (Phi) is 6.82. The number of benzene rings is 2. The van der Waals surface area contributed by atoms with Gasteiger partial charge >= 0.3 is 0 Å². The molecule has 2 rings (SSSR count). The van der Waals surface area contributed by atoms with Gasteiger partial charge in [-0.25, -0.2) is 8.42 Å². The molecule has 0 fully saturated rings. The van der Waals surface area contributed by atoms with Crippen molar-refractivity contribution in [1.29, 1.82) is 0 Å². The molecule has 3 N–H and O–H groups in total. The molecule has 0 aromatic heterocycles. The maximum absolute atomic E-state index is 12.8. The van der Waals surface area contributed by atoms with E-state index in [4.69, 9.17) is 17.3 Å². The predicted octanol–water partition coefficient (Wildman–Crippen LogP) is 3.03. The molecule has 0 radical (unpaired) electrons. The number of nitrogens with one attached hydrogen (secondary N) is 1. The Labute approximate surface area is 169 Å². The van der Waals surface area contributed by atoms with Gasteiger partial charge in [0.2, 0.25) is 15.9 Å². The van der Waals surface area contributed by atoms with Crippen LogP contribution in [0.3, 0.4) is 0 Å². The van der Waals surface area contributed by atoms with Crippen LogP contribution in [-0.2, 0) is 10.0 Å². The van der Waals surface area contributed by atoms with Gasteiger partial charge < -0.3 is 11.1 Å². The van der Waals surface area contributed by atoms with Gasteiger partial charge in [0, 0.05) is 29.9 Å². The molecule has 150 valence electrons. The first-order valence-electron chi connectivity index (χ1n) is 8.63. The average Bonchev–Trinajstić information content (AvgIpc) is 2.62. The maximum Gasteiger partial charge on any atom is 0.255 e. The number of aryl methyl sites for hydroxylation is 1. The van der Waals surface area contributed by atoms with Crippen molar-refractivity contribution in [1.82, 2.24) is 4.31 Å². The molecule has 7 nitrogen and oxygen atoms in total. The maximum atomic E-state index is 12.8. The van der Waals surface area contributed by atoms with Gasteiger partial charge in [-0.15, -0.1) is 0 Å². The summed E-state index contributed by atoms with van der Waals surface area (Å²) in [5.74, 6) is -1.06. The fourth-order valence-corrected chi connectivity index (χ4v) is 4.72. The van der Waals surface area contributed by atoms with Gasteiger partial charge in [-0.3, -0.25) is 9.59 Å². The van der Waals surface area contributed by atoms with E-state index in [-0.39, 0.29) is 28.6 Å². The first-order valence-corrected chi connectivity index (χ1v) is 10.4. The van der Waals surface area contributed by atoms with Crippen molar-refractivity contribution in [2.45, 2.75) is 25.7 Å². The van der Waals surface area contributed by atoms with E-state index in [1.54, 1.807) is 32.9 Å². The van der Waals surface area contributed by atoms with Crippen LogP contribution in [0.4, 0.5) is 5.69 Å². The first-order chi connectivity index (χ1) is 13.1. The Morgan fingerprint density at radius 1 is 1.11 bits per heavy atom. The van der Waals surface area contributed by atoms with Crippen molar-refractivity contribution < 1.29 is 18.0 Å². The van der Waals surface area contributed by atoms with Crippen LogP contribution in [0.15, 0.2) is 41.3 Å². The Hall–Kier alpha value is -2.42. The van der Waals surface area contributed by atoms with Crippen LogP contribution in [0.5, 0.6) is 0 Å². The van der Waals surface area contributed by atoms with Crippen molar-refractivity contribution >= 4 is 39.1 Å². The smallest absolute Gasteiger partial charge is 0.255 e. The van der Waals surface area contributed by atoms with Crippen molar-refractivity contribution in [3.63, 3.8) is 0 Å². The summed E-state index contributed by atoms with van der Waals surface area (Å²) >= 11 is 6.09. The molecule has 2 aromatic rings. The highest BCUT2D eigenvalue weighted by atomic mass is 35.5. The topological polar surface area (TPSA) is 110 Å². The van der Waals surface area contributed by atoms with E-state index in [1.807, 2.05) is 0 Å². The van der Waals surface area contributed by atoms with Crippen molar-refractivity contribution in [2.24, 2.45) is 5.73 Å². The number of sulfonamides is 1. The lowest BCUT2D eigenvalue weighted by molar-refractivity contribution is 0.0997. The molecule has 2 aromatic carbocycles. The Balaban J connectivity index is 2.35. The van der Waals surface area contributed by atoms with Crippen LogP contribution in [-0.4, -0.2) is 37.6 Å². The van der Waals surface area contributed by atoms with Gasteiger partial charge in [-0.05, 0) is 48.9 Å². The monoisotopic (exact) mass is 423 g/mol. The molecular weight excluding hydrogens is 402 g/mol. The summed E-state index contributed by atoms with van der Waals surface area (Å²) in [5, 5.41) is 2.72. The largest absolute Gasteiger partial charge is 0.366 e. The highest BCUT2D eigenvalue weighted by molar-refractivity contribution is 7.89. The van der Waals surface area contributed by atoms with Gasteiger partial charge in [0.25, 0.3) is 5.91 Å². The summed E-state index contributed by atoms with van der Waals surface area (Å²) in [6.07, 6.45) is 0. The van der Waals surface area contributed by atoms with Gasteiger partial charge in [-0.2, -0.15) is 4.31 Å². The van der Waals surface area contributed by atoms with E-state index in [2.05, 4.69) is 5.32 Å². The molecule has 0 saturated carbocycles. The second kappa shape index (κ2) is 8.72. The zero-order valence-electron chi connectivity index (χ0n) is 15.8. The normalized spacial score (nSPS) is 11.5. The minimum Gasteiger partial charge on any atom is -0.366 e. The number of nitrogens with two attached hydrogens (primary N) is 1. The predicted molar refractivity (Wildman–Crippen MR) is 109 cm³/mol. The SMILES string of the molecule is CCN(CC)S(=O)(=O)c1cc(C(=O)Nc2ccc(C(N)=O)c(C)c2)ccc1Cl. The number of halogens is 1. The van der Waals surface area contributed by atoms with Crippen molar-refractivity contribution in [3.05, 3.63) is 58.1 Å². The summed E-state index contributed by atoms with van der Waals surface area (Å²) in [5.41, 5.74) is 6.85. The number of amides is 2. The molecule has 0 spiro atoms. The molecule has 0 atom stereocenters. The number of primary amides is 1. The van der Waals surface area contributed by atoms with Crippen LogP contribution >= 0.6 is 11.6 Å². The summed E-state index contributed by atoms with van der Waals surface area (Å²) in [7, 11) is -3.81. The zero-order valence-corrected chi connectivity index (χ0v) is 17.4. The molecule has 0 bridgehead atoms. The number of carbonyl (C=O) groups excluding carboxylic acids is 2. The number of hydrogen-bond acceptors (Lipinski definition) is 4. The molecule has 0 aliphatic rings. The van der Waals surface area contributed by atoms with Crippen LogP contribution in [0.25, 0.3) is 0 Å². The summed E-state index contributed by atoms with van der Waals surface area (Å²) in [6, 6.07) is 8.77.